The van der Waals surface area contributed by atoms with Crippen LogP contribution in [0, 0.1) is 0 Å². The summed E-state index contributed by atoms with van der Waals surface area (Å²) in [4.78, 5) is 5.17. The first kappa shape index (κ1) is 35.8. The van der Waals surface area contributed by atoms with Crippen LogP contribution in [0.1, 0.15) is 187 Å². The Labute approximate surface area is 257 Å². The first-order valence-corrected chi connectivity index (χ1v) is 18.6. The van der Waals surface area contributed by atoms with Crippen molar-refractivity contribution in [3.8, 4) is 0 Å². The SMILES string of the molecule is CCCCCCCCCCCCCCCCCCC1N(CCCCCCCCCCCC)C=CN1c1ccccc1. The van der Waals surface area contributed by atoms with Gasteiger partial charge in [0.05, 0.1) is 0 Å². The predicted molar refractivity (Wildman–Crippen MR) is 185 cm³/mol. The van der Waals surface area contributed by atoms with Gasteiger partial charge in [-0.1, -0.05) is 186 Å². The van der Waals surface area contributed by atoms with Gasteiger partial charge in [-0.15, -0.1) is 0 Å². The lowest BCUT2D eigenvalue weighted by atomic mass is 10.0. The largest absolute Gasteiger partial charge is 0.356 e. The molecule has 41 heavy (non-hydrogen) atoms. The number of rotatable bonds is 29. The second-order valence-corrected chi connectivity index (χ2v) is 13.0. The molecule has 0 radical (unpaired) electrons. The van der Waals surface area contributed by atoms with E-state index < -0.39 is 0 Å². The third-order valence-corrected chi connectivity index (χ3v) is 9.26. The molecule has 1 aliphatic heterocycles. The molecule has 0 fully saturated rings. The van der Waals surface area contributed by atoms with Crippen molar-refractivity contribution in [2.24, 2.45) is 0 Å². The van der Waals surface area contributed by atoms with Gasteiger partial charge in [0.2, 0.25) is 0 Å². The van der Waals surface area contributed by atoms with Crippen molar-refractivity contribution in [2.75, 3.05) is 11.4 Å². The number of para-hydroxylation sites is 1. The van der Waals surface area contributed by atoms with E-state index in [2.05, 4.69) is 66.4 Å². The number of unbranched alkanes of at least 4 members (excludes halogenated alkanes) is 24. The van der Waals surface area contributed by atoms with Crippen LogP contribution in [0.5, 0.6) is 0 Å². The van der Waals surface area contributed by atoms with E-state index in [0.717, 1.165) is 0 Å². The smallest absolute Gasteiger partial charge is 0.105 e. The van der Waals surface area contributed by atoms with Gasteiger partial charge < -0.3 is 9.80 Å². The normalized spacial score (nSPS) is 14.9. The molecule has 236 valence electrons. The molecule has 0 aliphatic carbocycles. The predicted octanol–water partition coefficient (Wildman–Crippen LogP) is 13.2. The van der Waals surface area contributed by atoms with Gasteiger partial charge in [0.25, 0.3) is 0 Å². The quantitative estimate of drug-likeness (QED) is 0.0890. The van der Waals surface area contributed by atoms with Crippen LogP contribution in [0.25, 0.3) is 0 Å². The van der Waals surface area contributed by atoms with Crippen molar-refractivity contribution in [3.05, 3.63) is 42.7 Å². The molecule has 0 bridgehead atoms. The van der Waals surface area contributed by atoms with Crippen LogP contribution in [-0.4, -0.2) is 17.6 Å². The second-order valence-electron chi connectivity index (χ2n) is 13.0. The van der Waals surface area contributed by atoms with Crippen LogP contribution >= 0.6 is 0 Å². The van der Waals surface area contributed by atoms with E-state index in [1.54, 1.807) is 0 Å². The first-order chi connectivity index (χ1) is 20.4. The van der Waals surface area contributed by atoms with Gasteiger partial charge in [0.1, 0.15) is 6.17 Å². The minimum atomic E-state index is 0.502. The Morgan fingerprint density at radius 2 is 0.829 bits per heavy atom. The molecule has 0 spiro atoms. The van der Waals surface area contributed by atoms with Crippen molar-refractivity contribution in [1.29, 1.82) is 0 Å². The Bertz CT molecular complexity index is 699. The zero-order chi connectivity index (χ0) is 29.1. The average molecular weight is 567 g/mol. The molecule has 2 rings (SSSR count). The van der Waals surface area contributed by atoms with E-state index in [1.807, 2.05) is 0 Å². The molecular weight excluding hydrogens is 496 g/mol. The number of hydrogen-bond donors (Lipinski definition) is 0. The Hall–Kier alpha value is -1.44. The Balaban J connectivity index is 1.53. The molecule has 1 atom stereocenters. The van der Waals surface area contributed by atoms with Crippen LogP contribution in [0.4, 0.5) is 5.69 Å². The van der Waals surface area contributed by atoms with Crippen molar-refractivity contribution in [1.82, 2.24) is 4.90 Å². The minimum absolute atomic E-state index is 0.502. The fourth-order valence-electron chi connectivity index (χ4n) is 6.56. The Morgan fingerprint density at radius 3 is 1.27 bits per heavy atom. The van der Waals surface area contributed by atoms with Crippen molar-refractivity contribution in [2.45, 2.75) is 193 Å². The summed E-state index contributed by atoms with van der Waals surface area (Å²) in [5.74, 6) is 0. The monoisotopic (exact) mass is 567 g/mol. The van der Waals surface area contributed by atoms with Crippen molar-refractivity contribution >= 4 is 5.69 Å². The number of nitrogens with zero attached hydrogens (tertiary/aromatic N) is 2. The van der Waals surface area contributed by atoms with Gasteiger partial charge in [0.15, 0.2) is 0 Å². The zero-order valence-corrected chi connectivity index (χ0v) is 27.8. The summed E-state index contributed by atoms with van der Waals surface area (Å²) in [6.07, 6.45) is 43.6. The molecule has 0 aromatic heterocycles. The zero-order valence-electron chi connectivity index (χ0n) is 27.8. The second kappa shape index (κ2) is 26.2. The van der Waals surface area contributed by atoms with Crippen molar-refractivity contribution in [3.63, 3.8) is 0 Å². The van der Waals surface area contributed by atoms with Gasteiger partial charge in [-0.3, -0.25) is 0 Å². The van der Waals surface area contributed by atoms with Crippen LogP contribution in [0.15, 0.2) is 42.7 Å². The van der Waals surface area contributed by atoms with Gasteiger partial charge in [-0.05, 0) is 31.4 Å². The molecule has 1 aromatic rings. The van der Waals surface area contributed by atoms with E-state index in [4.69, 9.17) is 0 Å². The maximum absolute atomic E-state index is 2.64. The van der Waals surface area contributed by atoms with Gasteiger partial charge in [0, 0.05) is 24.6 Å². The fourth-order valence-corrected chi connectivity index (χ4v) is 6.56. The molecule has 2 nitrogen and oxygen atoms in total. The third kappa shape index (κ3) is 18.0. The van der Waals surface area contributed by atoms with E-state index in [1.165, 1.54) is 186 Å². The minimum Gasteiger partial charge on any atom is -0.356 e. The van der Waals surface area contributed by atoms with E-state index in [-0.39, 0.29) is 0 Å². The molecule has 2 heteroatoms. The Kier molecular flexibility index (Phi) is 22.9. The molecule has 1 aromatic carbocycles. The molecule has 0 saturated carbocycles. The Morgan fingerprint density at radius 1 is 0.439 bits per heavy atom. The summed E-state index contributed by atoms with van der Waals surface area (Å²) in [6.45, 7) is 5.82. The standard InChI is InChI=1S/C39H70N2/c1-3-5-7-9-11-13-15-16-17-18-19-20-21-23-25-30-34-39-40(36-37-41(39)38-32-28-27-29-33-38)35-31-26-24-22-14-12-10-8-6-4-2/h27-29,32-33,36-37,39H,3-26,30-31,34-35H2,1-2H3. The lowest BCUT2D eigenvalue weighted by molar-refractivity contribution is 0.273. The van der Waals surface area contributed by atoms with Crippen molar-refractivity contribution < 1.29 is 0 Å². The lowest BCUT2D eigenvalue weighted by Gasteiger charge is -2.33. The lowest BCUT2D eigenvalue weighted by Crippen LogP contribution is -2.39. The van der Waals surface area contributed by atoms with Gasteiger partial charge in [-0.25, -0.2) is 0 Å². The molecule has 1 unspecified atom stereocenters. The van der Waals surface area contributed by atoms with Crippen LogP contribution < -0.4 is 4.90 Å². The number of benzene rings is 1. The summed E-state index contributed by atoms with van der Waals surface area (Å²) in [5, 5.41) is 0. The summed E-state index contributed by atoms with van der Waals surface area (Å²) in [6, 6.07) is 11.0. The van der Waals surface area contributed by atoms with Gasteiger partial charge >= 0.3 is 0 Å². The highest BCUT2D eigenvalue weighted by Gasteiger charge is 2.26. The van der Waals surface area contributed by atoms with Crippen LogP contribution in [0.2, 0.25) is 0 Å². The summed E-state index contributed by atoms with van der Waals surface area (Å²) in [5.41, 5.74) is 1.34. The molecular formula is C39H70N2. The van der Waals surface area contributed by atoms with Crippen LogP contribution in [-0.2, 0) is 0 Å². The number of hydrogen-bond acceptors (Lipinski definition) is 2. The highest BCUT2D eigenvalue weighted by Crippen LogP contribution is 2.28. The molecule has 0 saturated heterocycles. The van der Waals surface area contributed by atoms with E-state index in [0.29, 0.717) is 6.17 Å². The average Bonchev–Trinajstić information content (AvgIpc) is 3.40. The third-order valence-electron chi connectivity index (χ3n) is 9.26. The maximum Gasteiger partial charge on any atom is 0.105 e. The first-order valence-electron chi connectivity index (χ1n) is 18.6. The topological polar surface area (TPSA) is 6.48 Å². The summed E-state index contributed by atoms with van der Waals surface area (Å²) < 4.78 is 0. The summed E-state index contributed by atoms with van der Waals surface area (Å²) >= 11 is 0. The van der Waals surface area contributed by atoms with Gasteiger partial charge in [-0.2, -0.15) is 0 Å². The maximum atomic E-state index is 2.64. The number of anilines is 1. The molecule has 1 aliphatic rings. The van der Waals surface area contributed by atoms with E-state index in [9.17, 15) is 0 Å². The molecule has 1 heterocycles. The van der Waals surface area contributed by atoms with Crippen LogP contribution in [0.3, 0.4) is 0 Å². The fraction of sp³-hybridized carbons (Fsp3) is 0.795. The summed E-state index contributed by atoms with van der Waals surface area (Å²) in [7, 11) is 0. The molecule has 0 N–H and O–H groups in total. The van der Waals surface area contributed by atoms with E-state index >= 15 is 0 Å². The molecule has 0 amide bonds. The highest BCUT2D eigenvalue weighted by atomic mass is 15.4. The highest BCUT2D eigenvalue weighted by molar-refractivity contribution is 5.51.